The number of rotatable bonds is 3. The van der Waals surface area contributed by atoms with E-state index in [2.05, 4.69) is 10.3 Å². The molecule has 0 aliphatic heterocycles. The van der Waals surface area contributed by atoms with Crippen LogP contribution in [0.1, 0.15) is 15.9 Å². The number of hydrogen-bond donors (Lipinski definition) is 3. The van der Waals surface area contributed by atoms with Crippen molar-refractivity contribution >= 4 is 22.5 Å². The number of anilines is 1. The molecule has 1 amide bonds. The van der Waals surface area contributed by atoms with Crippen LogP contribution in [0.4, 0.5) is 5.69 Å². The molecular formula is C16H15N3O. The molecule has 1 heterocycles. The van der Waals surface area contributed by atoms with Crippen LogP contribution in [-0.4, -0.2) is 10.9 Å². The third kappa shape index (κ3) is 2.29. The normalized spacial score (nSPS) is 10.7. The molecule has 0 fully saturated rings. The summed E-state index contributed by atoms with van der Waals surface area (Å²) in [6.07, 6.45) is 1.80. The van der Waals surface area contributed by atoms with Crippen LogP contribution in [0.25, 0.3) is 10.9 Å². The first-order chi connectivity index (χ1) is 9.78. The van der Waals surface area contributed by atoms with Crippen molar-refractivity contribution in [2.24, 2.45) is 5.73 Å². The number of H-pyrrole nitrogens is 1. The summed E-state index contributed by atoms with van der Waals surface area (Å²) in [5, 5.41) is 3.92. The van der Waals surface area contributed by atoms with Crippen LogP contribution >= 0.6 is 0 Å². The second-order valence-electron chi connectivity index (χ2n) is 4.61. The molecule has 0 radical (unpaired) electrons. The van der Waals surface area contributed by atoms with Gasteiger partial charge in [-0.15, -0.1) is 0 Å². The Balaban J connectivity index is 1.88. The Labute approximate surface area is 116 Å². The minimum absolute atomic E-state index is 0.134. The maximum absolute atomic E-state index is 12.3. The van der Waals surface area contributed by atoms with E-state index in [1.54, 1.807) is 12.3 Å². The number of hydrogen-bond acceptors (Lipinski definition) is 2. The minimum atomic E-state index is -0.134. The molecule has 3 aromatic rings. The van der Waals surface area contributed by atoms with Gasteiger partial charge in [-0.3, -0.25) is 4.79 Å². The molecule has 0 spiro atoms. The van der Waals surface area contributed by atoms with Crippen molar-refractivity contribution in [3.63, 3.8) is 0 Å². The van der Waals surface area contributed by atoms with Gasteiger partial charge in [0, 0.05) is 29.2 Å². The molecule has 0 unspecified atom stereocenters. The van der Waals surface area contributed by atoms with Gasteiger partial charge >= 0.3 is 0 Å². The molecule has 0 atom stereocenters. The standard InChI is InChI=1S/C16H15N3O/c17-9-11-4-3-5-12(8-11)16(20)19-15-10-18-14-7-2-1-6-13(14)15/h1-8,10,18H,9,17H2,(H,19,20). The minimum Gasteiger partial charge on any atom is -0.359 e. The zero-order valence-corrected chi connectivity index (χ0v) is 10.9. The second kappa shape index (κ2) is 5.19. The zero-order valence-electron chi connectivity index (χ0n) is 10.9. The van der Waals surface area contributed by atoms with E-state index in [9.17, 15) is 4.79 Å². The molecule has 4 heteroatoms. The maximum atomic E-state index is 12.3. The van der Waals surface area contributed by atoms with Crippen molar-refractivity contribution in [3.05, 3.63) is 65.9 Å². The van der Waals surface area contributed by atoms with Gasteiger partial charge in [0.2, 0.25) is 0 Å². The molecule has 0 bridgehead atoms. The summed E-state index contributed by atoms with van der Waals surface area (Å²) < 4.78 is 0. The van der Waals surface area contributed by atoms with Crippen molar-refractivity contribution in [2.75, 3.05) is 5.32 Å². The lowest BCUT2D eigenvalue weighted by Crippen LogP contribution is -2.12. The van der Waals surface area contributed by atoms with Gasteiger partial charge < -0.3 is 16.0 Å². The zero-order chi connectivity index (χ0) is 13.9. The Kier molecular flexibility index (Phi) is 3.23. The van der Waals surface area contributed by atoms with E-state index in [-0.39, 0.29) is 5.91 Å². The Hall–Kier alpha value is -2.59. The van der Waals surface area contributed by atoms with Crippen LogP contribution in [0.15, 0.2) is 54.7 Å². The molecule has 0 aliphatic carbocycles. The topological polar surface area (TPSA) is 70.9 Å². The smallest absolute Gasteiger partial charge is 0.255 e. The fourth-order valence-electron chi connectivity index (χ4n) is 2.21. The third-order valence-electron chi connectivity index (χ3n) is 3.26. The lowest BCUT2D eigenvalue weighted by Gasteiger charge is -2.05. The van der Waals surface area contributed by atoms with E-state index >= 15 is 0 Å². The van der Waals surface area contributed by atoms with Gasteiger partial charge in [0.25, 0.3) is 5.91 Å². The first-order valence-electron chi connectivity index (χ1n) is 6.44. The van der Waals surface area contributed by atoms with Crippen molar-refractivity contribution in [2.45, 2.75) is 6.54 Å². The quantitative estimate of drug-likeness (QED) is 0.681. The van der Waals surface area contributed by atoms with Gasteiger partial charge in [-0.25, -0.2) is 0 Å². The summed E-state index contributed by atoms with van der Waals surface area (Å²) in [5.74, 6) is -0.134. The molecule has 2 aromatic carbocycles. The number of para-hydroxylation sites is 1. The molecule has 0 saturated carbocycles. The molecule has 0 aliphatic rings. The summed E-state index contributed by atoms with van der Waals surface area (Å²) >= 11 is 0. The summed E-state index contributed by atoms with van der Waals surface area (Å²) in [6, 6.07) is 15.2. The highest BCUT2D eigenvalue weighted by molar-refractivity contribution is 6.09. The number of carbonyl (C=O) groups is 1. The first kappa shape index (κ1) is 12.4. The molecule has 0 saturated heterocycles. The van der Waals surface area contributed by atoms with Crippen LogP contribution < -0.4 is 11.1 Å². The average molecular weight is 265 g/mol. The van der Waals surface area contributed by atoms with Crippen molar-refractivity contribution in [3.8, 4) is 0 Å². The number of amides is 1. The number of aromatic amines is 1. The lowest BCUT2D eigenvalue weighted by atomic mass is 10.1. The molecule has 4 N–H and O–H groups in total. The number of nitrogens with one attached hydrogen (secondary N) is 2. The molecular weight excluding hydrogens is 250 g/mol. The van der Waals surface area contributed by atoms with E-state index < -0.39 is 0 Å². The predicted octanol–water partition coefficient (Wildman–Crippen LogP) is 2.88. The summed E-state index contributed by atoms with van der Waals surface area (Å²) in [6.45, 7) is 0.425. The molecule has 3 rings (SSSR count). The van der Waals surface area contributed by atoms with Crippen LogP contribution in [-0.2, 0) is 6.54 Å². The molecule has 4 nitrogen and oxygen atoms in total. The van der Waals surface area contributed by atoms with Gasteiger partial charge in [0.15, 0.2) is 0 Å². The number of aromatic nitrogens is 1. The summed E-state index contributed by atoms with van der Waals surface area (Å²) in [5.41, 5.74) is 8.92. The van der Waals surface area contributed by atoms with Gasteiger partial charge in [-0.05, 0) is 23.8 Å². The number of fused-ring (bicyclic) bond motifs is 1. The first-order valence-corrected chi connectivity index (χ1v) is 6.44. The summed E-state index contributed by atoms with van der Waals surface area (Å²) in [4.78, 5) is 15.4. The monoisotopic (exact) mass is 265 g/mol. The summed E-state index contributed by atoms with van der Waals surface area (Å²) in [7, 11) is 0. The van der Waals surface area contributed by atoms with E-state index in [0.717, 1.165) is 22.2 Å². The van der Waals surface area contributed by atoms with Crippen molar-refractivity contribution < 1.29 is 4.79 Å². The van der Waals surface area contributed by atoms with Crippen LogP contribution in [0.5, 0.6) is 0 Å². The Morgan fingerprint density at radius 1 is 1.15 bits per heavy atom. The number of benzene rings is 2. The molecule has 20 heavy (non-hydrogen) atoms. The highest BCUT2D eigenvalue weighted by Gasteiger charge is 2.09. The van der Waals surface area contributed by atoms with E-state index in [1.165, 1.54) is 0 Å². The van der Waals surface area contributed by atoms with Gasteiger partial charge in [-0.1, -0.05) is 30.3 Å². The second-order valence-corrected chi connectivity index (χ2v) is 4.61. The SMILES string of the molecule is NCc1cccc(C(=O)Nc2c[nH]c3ccccc23)c1. The largest absolute Gasteiger partial charge is 0.359 e. The van der Waals surface area contributed by atoms with E-state index in [1.807, 2.05) is 42.5 Å². The number of carbonyl (C=O) groups excluding carboxylic acids is 1. The third-order valence-corrected chi connectivity index (χ3v) is 3.26. The van der Waals surface area contributed by atoms with Crippen LogP contribution in [0, 0.1) is 0 Å². The fourth-order valence-corrected chi connectivity index (χ4v) is 2.21. The van der Waals surface area contributed by atoms with Gasteiger partial charge in [0.05, 0.1) is 5.69 Å². The fraction of sp³-hybridized carbons (Fsp3) is 0.0625. The Morgan fingerprint density at radius 2 is 2.00 bits per heavy atom. The number of nitrogens with two attached hydrogens (primary N) is 1. The predicted molar refractivity (Wildman–Crippen MR) is 80.6 cm³/mol. The van der Waals surface area contributed by atoms with E-state index in [0.29, 0.717) is 12.1 Å². The Bertz CT molecular complexity index is 761. The van der Waals surface area contributed by atoms with Crippen LogP contribution in [0.3, 0.4) is 0 Å². The van der Waals surface area contributed by atoms with Crippen molar-refractivity contribution in [1.82, 2.24) is 4.98 Å². The Morgan fingerprint density at radius 3 is 2.85 bits per heavy atom. The van der Waals surface area contributed by atoms with Crippen LogP contribution in [0.2, 0.25) is 0 Å². The highest BCUT2D eigenvalue weighted by atomic mass is 16.1. The van der Waals surface area contributed by atoms with Gasteiger partial charge in [0.1, 0.15) is 0 Å². The van der Waals surface area contributed by atoms with Crippen molar-refractivity contribution in [1.29, 1.82) is 0 Å². The molecule has 1 aromatic heterocycles. The van der Waals surface area contributed by atoms with Gasteiger partial charge in [-0.2, -0.15) is 0 Å². The molecule has 100 valence electrons. The van der Waals surface area contributed by atoms with E-state index in [4.69, 9.17) is 5.73 Å². The maximum Gasteiger partial charge on any atom is 0.255 e. The highest BCUT2D eigenvalue weighted by Crippen LogP contribution is 2.23. The lowest BCUT2D eigenvalue weighted by molar-refractivity contribution is 0.102. The average Bonchev–Trinajstić information content (AvgIpc) is 2.90.